The Morgan fingerprint density at radius 2 is 1.96 bits per heavy atom. The average Bonchev–Trinajstić information content (AvgIpc) is 2.54. The second kappa shape index (κ2) is 7.88. The fourth-order valence-electron chi connectivity index (χ4n) is 2.14. The Hall–Kier alpha value is -2.47. The first-order chi connectivity index (χ1) is 11.4. The number of carbonyl (C=O) groups is 1. The number of carbonyl (C=O) groups excluding carboxylic acids is 1. The molecule has 2 aromatic rings. The van der Waals surface area contributed by atoms with Gasteiger partial charge in [0.15, 0.2) is 0 Å². The molecule has 0 saturated heterocycles. The van der Waals surface area contributed by atoms with Crippen molar-refractivity contribution in [1.82, 2.24) is 5.32 Å². The lowest BCUT2D eigenvalue weighted by Crippen LogP contribution is -2.29. The average molecular weight is 335 g/mol. The smallest absolute Gasteiger partial charge is 0.254 e. The van der Waals surface area contributed by atoms with Gasteiger partial charge in [0.1, 0.15) is 17.4 Å². The Bertz CT molecular complexity index is 719. The molecule has 0 saturated carbocycles. The van der Waals surface area contributed by atoms with Gasteiger partial charge in [-0.25, -0.2) is 8.78 Å². The minimum Gasteiger partial charge on any atom is -0.491 e. The van der Waals surface area contributed by atoms with E-state index in [2.05, 4.69) is 5.32 Å². The quantitative estimate of drug-likeness (QED) is 0.852. The van der Waals surface area contributed by atoms with Gasteiger partial charge in [-0.3, -0.25) is 4.79 Å². The maximum Gasteiger partial charge on any atom is 0.254 e. The summed E-state index contributed by atoms with van der Waals surface area (Å²) in [5.41, 5.74) is 0.146. The van der Waals surface area contributed by atoms with Crippen LogP contribution >= 0.6 is 0 Å². The molecule has 0 aliphatic carbocycles. The van der Waals surface area contributed by atoms with E-state index in [-0.39, 0.29) is 12.6 Å². The summed E-state index contributed by atoms with van der Waals surface area (Å²) in [4.78, 5) is 11.9. The number of hydrogen-bond donors (Lipinski definition) is 2. The molecule has 1 atom stereocenters. The van der Waals surface area contributed by atoms with Crippen molar-refractivity contribution in [2.45, 2.75) is 26.1 Å². The minimum absolute atomic E-state index is 0.00644. The molecule has 2 aromatic carbocycles. The summed E-state index contributed by atoms with van der Waals surface area (Å²) in [5, 5.41) is 12.5. The molecule has 0 bridgehead atoms. The van der Waals surface area contributed by atoms with Crippen LogP contribution in [0.4, 0.5) is 8.78 Å². The van der Waals surface area contributed by atoms with Crippen LogP contribution in [0.3, 0.4) is 0 Å². The maximum atomic E-state index is 13.5. The third kappa shape index (κ3) is 4.76. The molecule has 0 radical (unpaired) electrons. The molecule has 6 heteroatoms. The molecule has 128 valence electrons. The molecule has 4 nitrogen and oxygen atoms in total. The van der Waals surface area contributed by atoms with Crippen molar-refractivity contribution >= 4 is 5.91 Å². The summed E-state index contributed by atoms with van der Waals surface area (Å²) in [6, 6.07) is 9.47. The van der Waals surface area contributed by atoms with Crippen LogP contribution in [-0.2, 0) is 0 Å². The first-order valence-corrected chi connectivity index (χ1v) is 7.54. The highest BCUT2D eigenvalue weighted by molar-refractivity contribution is 5.94. The van der Waals surface area contributed by atoms with Crippen molar-refractivity contribution in [2.24, 2.45) is 0 Å². The number of halogens is 2. The molecule has 2 rings (SSSR count). The first-order valence-electron chi connectivity index (χ1n) is 7.54. The van der Waals surface area contributed by atoms with Crippen molar-refractivity contribution in [3.05, 3.63) is 65.2 Å². The summed E-state index contributed by atoms with van der Waals surface area (Å²) < 4.78 is 32.2. The Kier molecular flexibility index (Phi) is 5.87. The molecular weight excluding hydrogens is 316 g/mol. The molecular formula is C18H19F2NO3. The lowest BCUT2D eigenvalue weighted by atomic mass is 10.1. The van der Waals surface area contributed by atoms with Crippen molar-refractivity contribution < 1.29 is 23.4 Å². The summed E-state index contributed by atoms with van der Waals surface area (Å²) in [5.74, 6) is -1.72. The van der Waals surface area contributed by atoms with Gasteiger partial charge in [0.25, 0.3) is 5.91 Å². The number of rotatable bonds is 6. The molecule has 0 spiro atoms. The molecule has 0 fully saturated rings. The fraction of sp³-hybridized carbons (Fsp3) is 0.278. The van der Waals surface area contributed by atoms with Crippen LogP contribution in [0.5, 0.6) is 5.75 Å². The van der Waals surface area contributed by atoms with E-state index in [9.17, 15) is 18.7 Å². The number of nitrogens with one attached hydrogen (secondary N) is 1. The fourth-order valence-corrected chi connectivity index (χ4v) is 2.14. The summed E-state index contributed by atoms with van der Waals surface area (Å²) >= 11 is 0. The minimum atomic E-state index is -0.999. The van der Waals surface area contributed by atoms with Gasteiger partial charge < -0.3 is 15.2 Å². The standard InChI is InChI=1S/C18H19F2NO3/c1-11(2)24-14-5-3-4-12(8-14)17(22)10-21-18(23)15-9-13(19)6-7-16(15)20/h3-9,11,17,22H,10H2,1-2H3,(H,21,23). The van der Waals surface area contributed by atoms with Crippen LogP contribution in [0.15, 0.2) is 42.5 Å². The summed E-state index contributed by atoms with van der Waals surface area (Å²) in [7, 11) is 0. The van der Waals surface area contributed by atoms with E-state index < -0.39 is 29.2 Å². The van der Waals surface area contributed by atoms with E-state index >= 15 is 0 Å². The lowest BCUT2D eigenvalue weighted by molar-refractivity contribution is 0.0911. The topological polar surface area (TPSA) is 58.6 Å². The van der Waals surface area contributed by atoms with Crippen molar-refractivity contribution in [2.75, 3.05) is 6.54 Å². The van der Waals surface area contributed by atoms with Crippen LogP contribution in [0.2, 0.25) is 0 Å². The van der Waals surface area contributed by atoms with Gasteiger partial charge >= 0.3 is 0 Å². The number of hydrogen-bond acceptors (Lipinski definition) is 3. The summed E-state index contributed by atoms with van der Waals surface area (Å²) in [6.07, 6.45) is -1.01. The zero-order valence-corrected chi connectivity index (χ0v) is 13.4. The van der Waals surface area contributed by atoms with Crippen molar-refractivity contribution in [1.29, 1.82) is 0 Å². The predicted molar refractivity (Wildman–Crippen MR) is 85.9 cm³/mol. The van der Waals surface area contributed by atoms with Crippen LogP contribution in [-0.4, -0.2) is 23.7 Å². The lowest BCUT2D eigenvalue weighted by Gasteiger charge is -2.15. The van der Waals surface area contributed by atoms with Crippen LogP contribution in [0.25, 0.3) is 0 Å². The number of amides is 1. The van der Waals surface area contributed by atoms with Crippen LogP contribution < -0.4 is 10.1 Å². The van der Waals surface area contributed by atoms with Crippen molar-refractivity contribution in [3.63, 3.8) is 0 Å². The van der Waals surface area contributed by atoms with E-state index in [0.717, 1.165) is 18.2 Å². The molecule has 1 amide bonds. The van der Waals surface area contributed by atoms with Gasteiger partial charge in [-0.05, 0) is 49.7 Å². The number of aliphatic hydroxyl groups is 1. The van der Waals surface area contributed by atoms with E-state index in [0.29, 0.717) is 11.3 Å². The Morgan fingerprint density at radius 1 is 1.21 bits per heavy atom. The zero-order valence-electron chi connectivity index (χ0n) is 13.4. The van der Waals surface area contributed by atoms with Gasteiger partial charge in [0, 0.05) is 6.54 Å². The zero-order chi connectivity index (χ0) is 17.7. The molecule has 0 aromatic heterocycles. The molecule has 0 aliphatic rings. The number of benzene rings is 2. The highest BCUT2D eigenvalue weighted by atomic mass is 19.1. The van der Waals surface area contributed by atoms with Gasteiger partial charge in [0.2, 0.25) is 0 Å². The monoisotopic (exact) mass is 335 g/mol. The Balaban J connectivity index is 2.01. The normalized spacial score (nSPS) is 12.1. The first kappa shape index (κ1) is 17.9. The van der Waals surface area contributed by atoms with Crippen LogP contribution in [0.1, 0.15) is 35.9 Å². The largest absolute Gasteiger partial charge is 0.491 e. The third-order valence-electron chi connectivity index (χ3n) is 3.24. The second-order valence-electron chi connectivity index (χ2n) is 5.59. The number of aliphatic hydroxyl groups excluding tert-OH is 1. The predicted octanol–water partition coefficient (Wildman–Crippen LogP) is 3.22. The third-order valence-corrected chi connectivity index (χ3v) is 3.24. The number of ether oxygens (including phenoxy) is 1. The molecule has 0 heterocycles. The van der Waals surface area contributed by atoms with Gasteiger partial charge in [-0.2, -0.15) is 0 Å². The molecule has 0 aliphatic heterocycles. The molecule has 2 N–H and O–H groups in total. The summed E-state index contributed by atoms with van der Waals surface area (Å²) in [6.45, 7) is 3.63. The maximum absolute atomic E-state index is 13.5. The molecule has 24 heavy (non-hydrogen) atoms. The Morgan fingerprint density at radius 3 is 2.67 bits per heavy atom. The van der Waals surface area contributed by atoms with E-state index in [4.69, 9.17) is 4.74 Å². The second-order valence-corrected chi connectivity index (χ2v) is 5.59. The van der Waals surface area contributed by atoms with Crippen LogP contribution in [0, 0.1) is 11.6 Å². The van der Waals surface area contributed by atoms with Gasteiger partial charge in [-0.15, -0.1) is 0 Å². The van der Waals surface area contributed by atoms with E-state index in [1.165, 1.54) is 0 Å². The van der Waals surface area contributed by atoms with Crippen molar-refractivity contribution in [3.8, 4) is 5.75 Å². The SMILES string of the molecule is CC(C)Oc1cccc(C(O)CNC(=O)c2cc(F)ccc2F)c1. The van der Waals surface area contributed by atoms with E-state index in [1.54, 1.807) is 24.3 Å². The van der Waals surface area contributed by atoms with Gasteiger partial charge in [0.05, 0.1) is 17.8 Å². The highest BCUT2D eigenvalue weighted by Gasteiger charge is 2.15. The molecule has 1 unspecified atom stereocenters. The van der Waals surface area contributed by atoms with Gasteiger partial charge in [-0.1, -0.05) is 12.1 Å². The highest BCUT2D eigenvalue weighted by Crippen LogP contribution is 2.20. The Labute approximate surface area is 139 Å². The van der Waals surface area contributed by atoms with E-state index in [1.807, 2.05) is 13.8 Å².